The quantitative estimate of drug-likeness (QED) is 0.910. The highest BCUT2D eigenvalue weighted by atomic mass is 79.9. The van der Waals surface area contributed by atoms with Crippen molar-refractivity contribution in [3.05, 3.63) is 34.1 Å². The zero-order valence-corrected chi connectivity index (χ0v) is 11.2. The number of hydrogen-bond donors (Lipinski definition) is 1. The predicted molar refractivity (Wildman–Crippen MR) is 69.2 cm³/mol. The Hall–Kier alpha value is -0.160. The summed E-state index contributed by atoms with van der Waals surface area (Å²) in [5.74, 6) is -0.211. The molecule has 1 aromatic rings. The number of nitrogens with zero attached hydrogens (tertiary/aromatic N) is 1. The minimum atomic E-state index is -0.211. The molecule has 0 unspecified atom stereocenters. The molecule has 90 valence electrons. The largest absolute Gasteiger partial charge is 0.326 e. The minimum absolute atomic E-state index is 0. The van der Waals surface area contributed by atoms with E-state index < -0.39 is 0 Å². The summed E-state index contributed by atoms with van der Waals surface area (Å²) in [6.07, 6.45) is 1.06. The van der Waals surface area contributed by atoms with Crippen LogP contribution in [0.15, 0.2) is 22.7 Å². The Morgan fingerprint density at radius 2 is 2.25 bits per heavy atom. The lowest BCUT2D eigenvalue weighted by Crippen LogP contribution is -2.26. The summed E-state index contributed by atoms with van der Waals surface area (Å²) in [7, 11) is 0. The van der Waals surface area contributed by atoms with E-state index in [1.807, 2.05) is 12.1 Å². The van der Waals surface area contributed by atoms with E-state index in [1.54, 1.807) is 0 Å². The summed E-state index contributed by atoms with van der Waals surface area (Å²) < 4.78 is 13.5. The van der Waals surface area contributed by atoms with Gasteiger partial charge in [0.25, 0.3) is 0 Å². The van der Waals surface area contributed by atoms with Gasteiger partial charge in [-0.1, -0.05) is 6.07 Å². The number of nitrogens with two attached hydrogens (primary N) is 1. The molecule has 0 aromatic heterocycles. The molecule has 1 aromatic carbocycles. The average molecular weight is 310 g/mol. The van der Waals surface area contributed by atoms with Crippen molar-refractivity contribution in [2.24, 2.45) is 5.73 Å². The first kappa shape index (κ1) is 13.9. The number of rotatable bonds is 2. The SMILES string of the molecule is Cl.N[C@H]1CCN(Cc2ccc(F)c(Br)c2)C1. The Balaban J connectivity index is 0.00000128. The van der Waals surface area contributed by atoms with E-state index in [0.29, 0.717) is 10.5 Å². The summed E-state index contributed by atoms with van der Waals surface area (Å²) >= 11 is 3.19. The summed E-state index contributed by atoms with van der Waals surface area (Å²) in [4.78, 5) is 2.30. The van der Waals surface area contributed by atoms with E-state index in [2.05, 4.69) is 20.8 Å². The maximum Gasteiger partial charge on any atom is 0.137 e. The van der Waals surface area contributed by atoms with E-state index in [0.717, 1.165) is 31.6 Å². The maximum atomic E-state index is 13.0. The number of likely N-dealkylation sites (tertiary alicyclic amines) is 1. The van der Waals surface area contributed by atoms with Gasteiger partial charge in [-0.15, -0.1) is 12.4 Å². The number of hydrogen-bond acceptors (Lipinski definition) is 2. The molecule has 0 bridgehead atoms. The molecule has 1 heterocycles. The fourth-order valence-corrected chi connectivity index (χ4v) is 2.33. The lowest BCUT2D eigenvalue weighted by molar-refractivity contribution is 0.326. The molecule has 1 atom stereocenters. The molecule has 0 radical (unpaired) electrons. The Morgan fingerprint density at radius 3 is 2.81 bits per heavy atom. The van der Waals surface area contributed by atoms with Crippen LogP contribution in [-0.4, -0.2) is 24.0 Å². The van der Waals surface area contributed by atoms with Crippen LogP contribution in [0.5, 0.6) is 0 Å². The predicted octanol–water partition coefficient (Wildman–Crippen LogP) is 2.54. The Kier molecular flexibility index (Phi) is 5.18. The molecule has 16 heavy (non-hydrogen) atoms. The van der Waals surface area contributed by atoms with Crippen molar-refractivity contribution >= 4 is 28.3 Å². The van der Waals surface area contributed by atoms with Crippen molar-refractivity contribution in [2.75, 3.05) is 13.1 Å². The molecular formula is C11H15BrClFN2. The molecule has 5 heteroatoms. The van der Waals surface area contributed by atoms with E-state index >= 15 is 0 Å². The van der Waals surface area contributed by atoms with Gasteiger partial charge < -0.3 is 5.73 Å². The van der Waals surface area contributed by atoms with E-state index in [4.69, 9.17) is 5.73 Å². The first-order valence-corrected chi connectivity index (χ1v) is 5.86. The Labute approximate surface area is 110 Å². The molecule has 2 nitrogen and oxygen atoms in total. The molecule has 1 aliphatic heterocycles. The second kappa shape index (κ2) is 5.96. The van der Waals surface area contributed by atoms with Crippen LogP contribution in [0, 0.1) is 5.82 Å². The van der Waals surface area contributed by atoms with Gasteiger partial charge in [0.15, 0.2) is 0 Å². The van der Waals surface area contributed by atoms with E-state index in [9.17, 15) is 4.39 Å². The molecule has 0 amide bonds. The van der Waals surface area contributed by atoms with Gasteiger partial charge in [-0.2, -0.15) is 0 Å². The van der Waals surface area contributed by atoms with Gasteiger partial charge in [-0.05, 0) is 40.0 Å². The first-order chi connectivity index (χ1) is 7.15. The molecule has 1 saturated heterocycles. The van der Waals surface area contributed by atoms with Crippen molar-refractivity contribution in [2.45, 2.75) is 19.0 Å². The number of halogens is 3. The molecule has 0 spiro atoms. The second-order valence-corrected chi connectivity index (χ2v) is 4.89. The van der Waals surface area contributed by atoms with Crippen LogP contribution in [0.2, 0.25) is 0 Å². The van der Waals surface area contributed by atoms with Crippen molar-refractivity contribution in [1.29, 1.82) is 0 Å². The number of benzene rings is 1. The van der Waals surface area contributed by atoms with Gasteiger partial charge in [0.2, 0.25) is 0 Å². The lowest BCUT2D eigenvalue weighted by atomic mass is 10.2. The second-order valence-electron chi connectivity index (χ2n) is 4.03. The van der Waals surface area contributed by atoms with Gasteiger partial charge in [-0.25, -0.2) is 4.39 Å². The highest BCUT2D eigenvalue weighted by molar-refractivity contribution is 9.10. The van der Waals surface area contributed by atoms with Crippen LogP contribution in [0.3, 0.4) is 0 Å². The van der Waals surface area contributed by atoms with Gasteiger partial charge >= 0.3 is 0 Å². The van der Waals surface area contributed by atoms with Crippen LogP contribution < -0.4 is 5.73 Å². The van der Waals surface area contributed by atoms with Gasteiger partial charge in [0, 0.05) is 25.7 Å². The Bertz CT molecular complexity index is 362. The van der Waals surface area contributed by atoms with Gasteiger partial charge in [0.1, 0.15) is 5.82 Å². The van der Waals surface area contributed by atoms with Crippen LogP contribution in [0.25, 0.3) is 0 Å². The van der Waals surface area contributed by atoms with Crippen molar-refractivity contribution in [3.8, 4) is 0 Å². The molecular weight excluding hydrogens is 294 g/mol. The van der Waals surface area contributed by atoms with Crippen molar-refractivity contribution in [1.82, 2.24) is 4.90 Å². The summed E-state index contributed by atoms with van der Waals surface area (Å²) in [5, 5.41) is 0. The molecule has 1 fully saturated rings. The summed E-state index contributed by atoms with van der Waals surface area (Å²) in [5.41, 5.74) is 6.94. The average Bonchev–Trinajstić information content (AvgIpc) is 2.58. The summed E-state index contributed by atoms with van der Waals surface area (Å²) in [6.45, 7) is 2.83. The smallest absolute Gasteiger partial charge is 0.137 e. The van der Waals surface area contributed by atoms with Gasteiger partial charge in [-0.3, -0.25) is 4.90 Å². The topological polar surface area (TPSA) is 29.3 Å². The van der Waals surface area contributed by atoms with E-state index in [-0.39, 0.29) is 18.2 Å². The van der Waals surface area contributed by atoms with Crippen molar-refractivity contribution in [3.63, 3.8) is 0 Å². The molecule has 2 N–H and O–H groups in total. The van der Waals surface area contributed by atoms with Crippen LogP contribution in [0.1, 0.15) is 12.0 Å². The highest BCUT2D eigenvalue weighted by Crippen LogP contribution is 2.19. The third-order valence-electron chi connectivity index (χ3n) is 2.70. The van der Waals surface area contributed by atoms with Crippen molar-refractivity contribution < 1.29 is 4.39 Å². The molecule has 0 aliphatic carbocycles. The van der Waals surface area contributed by atoms with E-state index in [1.165, 1.54) is 6.07 Å². The minimum Gasteiger partial charge on any atom is -0.326 e. The first-order valence-electron chi connectivity index (χ1n) is 5.07. The van der Waals surface area contributed by atoms with Gasteiger partial charge in [0.05, 0.1) is 4.47 Å². The van der Waals surface area contributed by atoms with Crippen LogP contribution in [-0.2, 0) is 6.54 Å². The summed E-state index contributed by atoms with van der Waals surface area (Å²) in [6, 6.07) is 5.45. The fraction of sp³-hybridized carbons (Fsp3) is 0.455. The maximum absolute atomic E-state index is 13.0. The third-order valence-corrected chi connectivity index (χ3v) is 3.31. The zero-order valence-electron chi connectivity index (χ0n) is 8.83. The fourth-order valence-electron chi connectivity index (χ4n) is 1.90. The normalized spacial score (nSPS) is 20.8. The van der Waals surface area contributed by atoms with Crippen LogP contribution >= 0.6 is 28.3 Å². The zero-order chi connectivity index (χ0) is 10.8. The molecule has 1 aliphatic rings. The third kappa shape index (κ3) is 3.42. The lowest BCUT2D eigenvalue weighted by Gasteiger charge is -2.15. The molecule has 0 saturated carbocycles. The highest BCUT2D eigenvalue weighted by Gasteiger charge is 2.18. The van der Waals surface area contributed by atoms with Crippen LogP contribution in [0.4, 0.5) is 4.39 Å². The molecule has 2 rings (SSSR count). The standard InChI is InChI=1S/C11H14BrFN2.ClH/c12-10-5-8(1-2-11(10)13)6-15-4-3-9(14)7-15;/h1-2,5,9H,3-4,6-7,14H2;1H/t9-;/m0./s1. The monoisotopic (exact) mass is 308 g/mol. The Morgan fingerprint density at radius 1 is 1.50 bits per heavy atom.